The van der Waals surface area contributed by atoms with Gasteiger partial charge in [-0.15, -0.1) is 0 Å². The SMILES string of the molecule is CC/C=C\C/C=C\C/C=C\C/C=C\C/C=C\C/C=C\C/C=C\C/C=C\C/C=C\CCCCCCCCCCCCCC(=O)NC(COC1OC(CO)C(OC2OC(CO)C(OC3OC(CO)C(O)C(O)C3O)C(O)C2O)C(O)C1O)C(O)/C=C/CCCCCCCCCCCCCCCCCCCCCCCCC. The minimum atomic E-state index is -1.98. The molecule has 0 radical (unpaired) electrons. The number of nitrogens with one attached hydrogen (secondary N) is 1. The van der Waals surface area contributed by atoms with E-state index in [1.165, 1.54) is 167 Å². The molecule has 3 aliphatic rings. The lowest BCUT2D eigenvalue weighted by Gasteiger charge is -2.48. The number of unbranched alkanes of at least 4 members (excludes halogenated alkanes) is 34. The van der Waals surface area contributed by atoms with Gasteiger partial charge in [-0.3, -0.25) is 4.79 Å². The highest BCUT2D eigenvalue weighted by Gasteiger charge is 2.54. The van der Waals surface area contributed by atoms with E-state index in [2.05, 4.69) is 129 Å². The maximum atomic E-state index is 13.5. The largest absolute Gasteiger partial charge is 0.394 e. The number of aliphatic hydroxyl groups excluding tert-OH is 11. The van der Waals surface area contributed by atoms with Crippen molar-refractivity contribution in [2.75, 3.05) is 26.4 Å². The van der Waals surface area contributed by atoms with Crippen molar-refractivity contribution in [1.29, 1.82) is 0 Å². The van der Waals surface area contributed by atoms with Crippen LogP contribution in [0.15, 0.2) is 122 Å². The molecule has 0 aromatic rings. The van der Waals surface area contributed by atoms with Crippen LogP contribution in [0.2, 0.25) is 0 Å². The summed E-state index contributed by atoms with van der Waals surface area (Å²) < 4.78 is 34.5. The van der Waals surface area contributed by atoms with Gasteiger partial charge in [0, 0.05) is 6.42 Å². The number of hydrogen-bond donors (Lipinski definition) is 12. The van der Waals surface area contributed by atoms with Gasteiger partial charge in [0.05, 0.1) is 38.6 Å². The minimum absolute atomic E-state index is 0.233. The van der Waals surface area contributed by atoms with Gasteiger partial charge in [0.1, 0.15) is 73.2 Å². The highest BCUT2D eigenvalue weighted by Crippen LogP contribution is 2.33. The Hall–Kier alpha value is -3.81. The Morgan fingerprint density at radius 3 is 0.991 bits per heavy atom. The number of amides is 1. The molecule has 3 aliphatic heterocycles. The number of carbonyl (C=O) groups excluding carboxylic acids is 1. The first-order valence-electron chi connectivity index (χ1n) is 43.3. The van der Waals surface area contributed by atoms with Gasteiger partial charge in [-0.25, -0.2) is 0 Å². The van der Waals surface area contributed by atoms with Crippen LogP contribution in [0, 0.1) is 0 Å². The second-order valence-corrected chi connectivity index (χ2v) is 30.3. The van der Waals surface area contributed by atoms with Gasteiger partial charge in [0.15, 0.2) is 18.9 Å². The van der Waals surface area contributed by atoms with E-state index in [-0.39, 0.29) is 18.9 Å². The second-order valence-electron chi connectivity index (χ2n) is 30.3. The summed E-state index contributed by atoms with van der Waals surface area (Å²) in [7, 11) is 0. The Morgan fingerprint density at radius 1 is 0.339 bits per heavy atom. The summed E-state index contributed by atoms with van der Waals surface area (Å²) in [6, 6.07) is -0.984. The standard InChI is InChI=1S/C90H155NO18/c1-3-5-7-9-11-13-15-17-19-21-23-25-27-29-30-31-32-33-34-35-36-37-38-39-40-41-42-44-46-48-50-52-54-56-58-60-62-64-66-68-78(96)91-73(74(95)67-65-63-61-59-57-55-53-51-49-47-45-43-28-26-24-22-20-18-16-14-12-10-8-6-4-2)72-104-88-84(102)81(99)86(76(70-93)106-88)109-90-85(103)82(100)87(77(71-94)107-90)108-89-83(101)80(98)79(97)75(69-92)105-89/h5,7,11,13,17,19,23,25,29-30,32-33,35-36,38-39,41-42,65,67,73-77,79-90,92-95,97-103H,3-4,6,8-10,12,14-16,18,20-22,24,26-28,31,34,37,40,43-64,66,68-72H2,1-2H3,(H,91,96)/b7-5-,13-11-,19-17-,25-23-,30-29-,33-32-,36-35-,39-38-,42-41-,67-65+. The third-order valence-electron chi connectivity index (χ3n) is 20.8. The number of rotatable bonds is 68. The first-order valence-corrected chi connectivity index (χ1v) is 43.3. The van der Waals surface area contributed by atoms with Crippen molar-refractivity contribution in [3.8, 4) is 0 Å². The third-order valence-corrected chi connectivity index (χ3v) is 20.8. The van der Waals surface area contributed by atoms with Crippen molar-refractivity contribution in [2.45, 2.75) is 413 Å². The lowest BCUT2D eigenvalue weighted by atomic mass is 9.96. The fourth-order valence-corrected chi connectivity index (χ4v) is 13.9. The average molecular weight is 1540 g/mol. The Bertz CT molecular complexity index is 2440. The quantitative estimate of drug-likeness (QED) is 0.0199. The van der Waals surface area contributed by atoms with Crippen molar-refractivity contribution in [3.63, 3.8) is 0 Å². The monoisotopic (exact) mass is 1540 g/mol. The molecule has 3 heterocycles. The third kappa shape index (κ3) is 47.6. The molecule has 12 N–H and O–H groups in total. The normalized spacial score (nSPS) is 25.9. The Morgan fingerprint density at radius 2 is 0.633 bits per heavy atom. The van der Waals surface area contributed by atoms with Gasteiger partial charge < -0.3 is 89.9 Å². The van der Waals surface area contributed by atoms with E-state index in [1.807, 2.05) is 6.08 Å². The van der Waals surface area contributed by atoms with Gasteiger partial charge in [-0.1, -0.05) is 334 Å². The zero-order valence-corrected chi connectivity index (χ0v) is 67.5. The van der Waals surface area contributed by atoms with Crippen molar-refractivity contribution in [1.82, 2.24) is 5.32 Å². The van der Waals surface area contributed by atoms with Crippen LogP contribution in [0.5, 0.6) is 0 Å². The summed E-state index contributed by atoms with van der Waals surface area (Å²) in [4.78, 5) is 13.5. The van der Waals surface area contributed by atoms with Crippen LogP contribution in [0.3, 0.4) is 0 Å². The van der Waals surface area contributed by atoms with Crippen LogP contribution in [0.4, 0.5) is 0 Å². The topological polar surface area (TPSA) is 307 Å². The Balaban J connectivity index is 1.34. The molecule has 19 nitrogen and oxygen atoms in total. The van der Waals surface area contributed by atoms with Gasteiger partial charge in [-0.05, 0) is 89.9 Å². The summed E-state index contributed by atoms with van der Waals surface area (Å²) in [5, 5.41) is 121. The molecular formula is C90H155NO18. The van der Waals surface area contributed by atoms with E-state index in [0.717, 1.165) is 116 Å². The average Bonchev–Trinajstić information content (AvgIpc) is 0.759. The van der Waals surface area contributed by atoms with Gasteiger partial charge in [-0.2, -0.15) is 0 Å². The number of aliphatic hydroxyl groups is 11. The summed E-state index contributed by atoms with van der Waals surface area (Å²) in [5.41, 5.74) is 0. The number of ether oxygens (including phenoxy) is 6. The van der Waals surface area contributed by atoms with Crippen molar-refractivity contribution in [2.24, 2.45) is 0 Å². The summed E-state index contributed by atoms with van der Waals surface area (Å²) >= 11 is 0. The van der Waals surface area contributed by atoms with E-state index < -0.39 is 124 Å². The maximum absolute atomic E-state index is 13.5. The number of carbonyl (C=O) groups is 1. The van der Waals surface area contributed by atoms with Gasteiger partial charge >= 0.3 is 0 Å². The van der Waals surface area contributed by atoms with Crippen LogP contribution in [0.25, 0.3) is 0 Å². The molecule has 3 saturated heterocycles. The van der Waals surface area contributed by atoms with E-state index in [9.17, 15) is 61.0 Å². The Labute approximate surface area is 658 Å². The molecule has 0 aromatic heterocycles. The molecule has 0 saturated carbocycles. The zero-order chi connectivity index (χ0) is 78.8. The fourth-order valence-electron chi connectivity index (χ4n) is 13.9. The molecule has 0 spiro atoms. The van der Waals surface area contributed by atoms with Gasteiger partial charge in [0.2, 0.25) is 5.91 Å². The van der Waals surface area contributed by atoms with Crippen LogP contribution in [-0.4, -0.2) is 193 Å². The molecule has 3 fully saturated rings. The number of allylic oxidation sites excluding steroid dienone is 19. The summed E-state index contributed by atoms with van der Waals surface area (Å²) in [6.45, 7) is 1.65. The fraction of sp³-hybridized carbons (Fsp3) is 0.767. The van der Waals surface area contributed by atoms with Crippen LogP contribution in [0.1, 0.15) is 309 Å². The first-order chi connectivity index (χ1) is 53.3. The molecule has 17 atom stereocenters. The van der Waals surface area contributed by atoms with Crippen LogP contribution < -0.4 is 5.32 Å². The van der Waals surface area contributed by atoms with E-state index in [4.69, 9.17) is 28.4 Å². The highest BCUT2D eigenvalue weighted by atomic mass is 16.8. The maximum Gasteiger partial charge on any atom is 0.220 e. The smallest absolute Gasteiger partial charge is 0.220 e. The van der Waals surface area contributed by atoms with E-state index in [0.29, 0.717) is 6.42 Å². The van der Waals surface area contributed by atoms with Crippen molar-refractivity contribution in [3.05, 3.63) is 122 Å². The predicted molar refractivity (Wildman–Crippen MR) is 438 cm³/mol. The second kappa shape index (κ2) is 68.6. The molecular weight excluding hydrogens is 1380 g/mol. The molecule has 0 aromatic carbocycles. The van der Waals surface area contributed by atoms with Crippen molar-refractivity contribution >= 4 is 5.91 Å². The molecule has 19 heteroatoms. The molecule has 628 valence electrons. The molecule has 0 bridgehead atoms. The molecule has 17 unspecified atom stereocenters. The van der Waals surface area contributed by atoms with Crippen molar-refractivity contribution < 1.29 is 89.4 Å². The Kier molecular flexibility index (Phi) is 62.5. The number of hydrogen-bond acceptors (Lipinski definition) is 18. The van der Waals surface area contributed by atoms with E-state index in [1.54, 1.807) is 6.08 Å². The highest BCUT2D eigenvalue weighted by molar-refractivity contribution is 5.76. The molecule has 3 rings (SSSR count). The van der Waals surface area contributed by atoms with Crippen LogP contribution in [-0.2, 0) is 33.2 Å². The lowest BCUT2D eigenvalue weighted by molar-refractivity contribution is -0.379. The predicted octanol–water partition coefficient (Wildman–Crippen LogP) is 15.8. The lowest BCUT2D eigenvalue weighted by Crippen LogP contribution is -2.66. The van der Waals surface area contributed by atoms with Crippen LogP contribution >= 0.6 is 0 Å². The minimum Gasteiger partial charge on any atom is -0.394 e. The first kappa shape index (κ1) is 99.4. The molecule has 109 heavy (non-hydrogen) atoms. The van der Waals surface area contributed by atoms with E-state index >= 15 is 0 Å². The molecule has 1 amide bonds. The molecule has 0 aliphatic carbocycles. The summed E-state index contributed by atoms with van der Waals surface area (Å²) in [5.74, 6) is -0.280. The zero-order valence-electron chi connectivity index (χ0n) is 67.5. The van der Waals surface area contributed by atoms with Gasteiger partial charge in [0.25, 0.3) is 0 Å². The summed E-state index contributed by atoms with van der Waals surface area (Å²) in [6.07, 6.45) is 70.4.